The van der Waals surface area contributed by atoms with E-state index in [0.717, 1.165) is 5.56 Å². The van der Waals surface area contributed by atoms with Crippen LogP contribution in [-0.2, 0) is 0 Å². The first-order chi connectivity index (χ1) is 9.24. The molecule has 1 aromatic rings. The van der Waals surface area contributed by atoms with Gasteiger partial charge in [-0.2, -0.15) is 5.10 Å². The number of hydrogen-bond acceptors (Lipinski definition) is 4. The maximum atomic E-state index is 9.53. The van der Waals surface area contributed by atoms with E-state index >= 15 is 0 Å². The summed E-state index contributed by atoms with van der Waals surface area (Å²) in [5.74, 6) is 0.787. The molecule has 0 saturated carbocycles. The summed E-state index contributed by atoms with van der Waals surface area (Å²) in [6, 6.07) is 5.97. The number of hydrazone groups is 1. The van der Waals surface area contributed by atoms with E-state index < -0.39 is 0 Å². The Labute approximate surface area is 117 Å². The third-order valence-corrected chi connectivity index (χ3v) is 4.93. The van der Waals surface area contributed by atoms with E-state index in [0.29, 0.717) is 17.0 Å². The molecule has 19 heavy (non-hydrogen) atoms. The van der Waals surface area contributed by atoms with Crippen molar-refractivity contribution in [3.63, 3.8) is 0 Å². The van der Waals surface area contributed by atoms with Gasteiger partial charge >= 0.3 is 0 Å². The minimum absolute atomic E-state index is 0.134. The average molecular weight is 278 g/mol. The molecule has 100 valence electrons. The quantitative estimate of drug-likeness (QED) is 0.827. The maximum absolute atomic E-state index is 9.53. The first-order valence-corrected chi connectivity index (χ1v) is 7.17. The highest BCUT2D eigenvalue weighted by Gasteiger charge is 2.46. The first-order valence-electron chi connectivity index (χ1n) is 6.79. The molecule has 3 fully saturated rings. The van der Waals surface area contributed by atoms with Gasteiger partial charge in [-0.25, -0.2) is 0 Å². The summed E-state index contributed by atoms with van der Waals surface area (Å²) in [5, 5.41) is 14.5. The van der Waals surface area contributed by atoms with Gasteiger partial charge in [0.1, 0.15) is 5.75 Å². The Hall–Kier alpha value is -1.26. The summed E-state index contributed by atoms with van der Waals surface area (Å²) in [6.45, 7) is 2.33. The predicted octanol–water partition coefficient (Wildman–Crippen LogP) is 2.14. The lowest BCUT2D eigenvalue weighted by Crippen LogP contribution is -2.56. The highest BCUT2D eigenvalue weighted by molar-refractivity contribution is 6.32. The summed E-state index contributed by atoms with van der Waals surface area (Å²) in [5.41, 5.74) is 5.68. The van der Waals surface area contributed by atoms with Crippen molar-refractivity contribution >= 4 is 17.3 Å². The van der Waals surface area contributed by atoms with Gasteiger partial charge in [-0.15, -0.1) is 0 Å². The average Bonchev–Trinajstić information content (AvgIpc) is 2.90. The summed E-state index contributed by atoms with van der Waals surface area (Å²) >= 11 is 6.02. The second kappa shape index (κ2) is 4.12. The van der Waals surface area contributed by atoms with Crippen LogP contribution >= 0.6 is 11.6 Å². The maximum Gasteiger partial charge on any atom is 0.134 e. The normalized spacial score (nSPS) is 35.7. The predicted molar refractivity (Wildman–Crippen MR) is 74.5 cm³/mol. The summed E-state index contributed by atoms with van der Waals surface area (Å²) in [6.07, 6.45) is 2.47. The largest absolute Gasteiger partial charge is 0.506 e. The molecule has 3 saturated heterocycles. The molecule has 1 aromatic carbocycles. The van der Waals surface area contributed by atoms with Gasteiger partial charge < -0.3 is 10.5 Å². The molecule has 4 aliphatic heterocycles. The lowest BCUT2D eigenvalue weighted by Gasteiger charge is -2.45. The van der Waals surface area contributed by atoms with E-state index in [9.17, 15) is 5.11 Å². The summed E-state index contributed by atoms with van der Waals surface area (Å²) < 4.78 is 0. The molecule has 2 atom stereocenters. The SMILES string of the molecule is Oc1ccc(C2NN=C3C4CCN(CC4)C32)cc1Cl. The lowest BCUT2D eigenvalue weighted by atomic mass is 9.78. The molecule has 0 amide bonds. The highest BCUT2D eigenvalue weighted by atomic mass is 35.5. The number of benzene rings is 1. The van der Waals surface area contributed by atoms with Crippen LogP contribution in [0.2, 0.25) is 5.02 Å². The highest BCUT2D eigenvalue weighted by Crippen LogP contribution is 2.39. The van der Waals surface area contributed by atoms with Gasteiger partial charge in [0, 0.05) is 5.92 Å². The van der Waals surface area contributed by atoms with Crippen LogP contribution in [0.4, 0.5) is 0 Å². The van der Waals surface area contributed by atoms with Gasteiger partial charge in [0.25, 0.3) is 0 Å². The standard InChI is InChI=1S/C14H16ClN3O/c15-10-7-9(1-2-11(10)19)13-14-12(16-17-13)8-3-5-18(14)6-4-8/h1-2,7-8,13-14,17,19H,3-6H2. The number of nitrogens with one attached hydrogen (secondary N) is 1. The van der Waals surface area contributed by atoms with Crippen LogP contribution in [0.15, 0.2) is 23.3 Å². The van der Waals surface area contributed by atoms with E-state index in [4.69, 9.17) is 11.6 Å². The number of hydrogen-bond donors (Lipinski definition) is 2. The molecule has 4 nitrogen and oxygen atoms in total. The Bertz CT molecular complexity index is 552. The van der Waals surface area contributed by atoms with Crippen LogP contribution in [0, 0.1) is 5.92 Å². The number of phenols is 1. The molecule has 5 rings (SSSR count). The Balaban J connectivity index is 1.69. The van der Waals surface area contributed by atoms with Crippen molar-refractivity contribution in [1.29, 1.82) is 0 Å². The van der Waals surface area contributed by atoms with Crippen molar-refractivity contribution in [1.82, 2.24) is 10.3 Å². The zero-order valence-corrected chi connectivity index (χ0v) is 11.3. The van der Waals surface area contributed by atoms with Crippen LogP contribution < -0.4 is 5.43 Å². The van der Waals surface area contributed by atoms with Gasteiger partial charge in [0.15, 0.2) is 0 Å². The van der Waals surface area contributed by atoms with Crippen LogP contribution in [0.25, 0.3) is 0 Å². The minimum Gasteiger partial charge on any atom is -0.506 e. The second-order valence-electron chi connectivity index (χ2n) is 5.61. The molecular formula is C14H16ClN3O. The van der Waals surface area contributed by atoms with Crippen molar-refractivity contribution in [2.75, 3.05) is 13.1 Å². The Morgan fingerprint density at radius 1 is 1.32 bits per heavy atom. The molecule has 4 aliphatic rings. The molecule has 2 unspecified atom stereocenters. The van der Waals surface area contributed by atoms with Crippen LogP contribution in [0.1, 0.15) is 24.4 Å². The Morgan fingerprint density at radius 2 is 2.11 bits per heavy atom. The molecule has 5 heteroatoms. The molecular weight excluding hydrogens is 262 g/mol. The Morgan fingerprint density at radius 3 is 2.84 bits per heavy atom. The molecule has 0 spiro atoms. The third kappa shape index (κ3) is 1.66. The smallest absolute Gasteiger partial charge is 0.134 e. The zero-order chi connectivity index (χ0) is 13.0. The number of aromatic hydroxyl groups is 1. The molecule has 2 N–H and O–H groups in total. The van der Waals surface area contributed by atoms with Gasteiger partial charge in [-0.3, -0.25) is 4.90 Å². The summed E-state index contributed by atoms with van der Waals surface area (Å²) in [7, 11) is 0. The van der Waals surface area contributed by atoms with Gasteiger partial charge in [0.2, 0.25) is 0 Å². The lowest BCUT2D eigenvalue weighted by molar-refractivity contribution is 0.133. The third-order valence-electron chi connectivity index (χ3n) is 4.62. The molecule has 4 heterocycles. The second-order valence-corrected chi connectivity index (χ2v) is 6.02. The monoisotopic (exact) mass is 277 g/mol. The fourth-order valence-electron chi connectivity index (χ4n) is 3.63. The van der Waals surface area contributed by atoms with E-state index in [1.54, 1.807) is 6.07 Å². The van der Waals surface area contributed by atoms with E-state index in [1.165, 1.54) is 31.6 Å². The number of nitrogens with zero attached hydrogens (tertiary/aromatic N) is 2. The minimum atomic E-state index is 0.134. The molecule has 2 bridgehead atoms. The fraction of sp³-hybridized carbons (Fsp3) is 0.500. The topological polar surface area (TPSA) is 47.9 Å². The van der Waals surface area contributed by atoms with Crippen LogP contribution in [-0.4, -0.2) is 34.8 Å². The number of phenolic OH excluding ortho intramolecular Hbond substituents is 1. The van der Waals surface area contributed by atoms with Gasteiger partial charge in [-0.1, -0.05) is 17.7 Å². The molecule has 0 radical (unpaired) electrons. The number of piperidine rings is 3. The van der Waals surface area contributed by atoms with E-state index in [2.05, 4.69) is 15.4 Å². The van der Waals surface area contributed by atoms with Crippen molar-refractivity contribution < 1.29 is 5.11 Å². The van der Waals surface area contributed by atoms with Crippen LogP contribution in [0.3, 0.4) is 0 Å². The van der Waals surface area contributed by atoms with E-state index in [1.807, 2.05) is 12.1 Å². The number of rotatable bonds is 1. The summed E-state index contributed by atoms with van der Waals surface area (Å²) in [4.78, 5) is 2.52. The van der Waals surface area contributed by atoms with E-state index in [-0.39, 0.29) is 11.8 Å². The Kier molecular flexibility index (Phi) is 2.50. The number of fused-ring (bicyclic) bond motifs is 2. The van der Waals surface area contributed by atoms with Crippen molar-refractivity contribution in [3.05, 3.63) is 28.8 Å². The fourth-order valence-corrected chi connectivity index (χ4v) is 3.82. The number of halogens is 1. The van der Waals surface area contributed by atoms with Crippen molar-refractivity contribution in [3.8, 4) is 5.75 Å². The van der Waals surface area contributed by atoms with Crippen LogP contribution in [0.5, 0.6) is 5.75 Å². The van der Waals surface area contributed by atoms with Gasteiger partial charge in [0.05, 0.1) is 22.8 Å². The zero-order valence-electron chi connectivity index (χ0n) is 10.5. The molecule has 0 aromatic heterocycles. The molecule has 0 aliphatic carbocycles. The first kappa shape index (κ1) is 11.6. The van der Waals surface area contributed by atoms with Crippen molar-refractivity contribution in [2.45, 2.75) is 24.9 Å². The van der Waals surface area contributed by atoms with Crippen molar-refractivity contribution in [2.24, 2.45) is 11.0 Å². The van der Waals surface area contributed by atoms with Gasteiger partial charge in [-0.05, 0) is 43.6 Å².